The number of nitrogens with zero attached hydrogens (tertiary/aromatic N) is 1. The fraction of sp³-hybridized carbons (Fsp3) is 0.300. The molecule has 1 fully saturated rings. The molecule has 4 nitrogen and oxygen atoms in total. The Kier molecular flexibility index (Phi) is 6.48. The molecule has 0 aromatic heterocycles. The van der Waals surface area contributed by atoms with Gasteiger partial charge in [-0.3, -0.25) is 10.1 Å². The molecule has 0 bridgehead atoms. The van der Waals surface area contributed by atoms with Crippen molar-refractivity contribution in [3.63, 3.8) is 0 Å². The molecule has 0 aliphatic carbocycles. The third kappa shape index (κ3) is 4.73. The van der Waals surface area contributed by atoms with Gasteiger partial charge in [0.25, 0.3) is 5.91 Å². The van der Waals surface area contributed by atoms with Crippen molar-refractivity contribution in [3.05, 3.63) is 57.7 Å². The summed E-state index contributed by atoms with van der Waals surface area (Å²) >= 11 is 7.52. The second kappa shape index (κ2) is 8.81. The summed E-state index contributed by atoms with van der Waals surface area (Å²) in [6, 6.07) is 15.6. The number of halogens is 1. The molecule has 0 atom stereocenters. The first-order chi connectivity index (χ1) is 12.5. The average molecular weight is 479 g/mol. The Morgan fingerprint density at radius 3 is 2.50 bits per heavy atom. The van der Waals surface area contributed by atoms with Gasteiger partial charge < -0.3 is 10.2 Å². The number of anilines is 2. The van der Waals surface area contributed by atoms with Crippen molar-refractivity contribution in [1.29, 1.82) is 0 Å². The van der Waals surface area contributed by atoms with Gasteiger partial charge in [-0.25, -0.2) is 0 Å². The zero-order valence-corrected chi connectivity index (χ0v) is 17.6. The van der Waals surface area contributed by atoms with E-state index in [9.17, 15) is 4.79 Å². The number of piperidine rings is 1. The maximum absolute atomic E-state index is 12.4. The molecular weight excluding hydrogens is 457 g/mol. The highest BCUT2D eigenvalue weighted by molar-refractivity contribution is 14.1. The minimum absolute atomic E-state index is 0.197. The molecule has 1 amide bonds. The highest BCUT2D eigenvalue weighted by atomic mass is 127. The van der Waals surface area contributed by atoms with Crippen molar-refractivity contribution < 1.29 is 4.79 Å². The quantitative estimate of drug-likeness (QED) is 0.497. The maximum Gasteiger partial charge on any atom is 0.258 e. The molecule has 0 radical (unpaired) electrons. The fourth-order valence-corrected chi connectivity index (χ4v) is 3.91. The number of nitrogens with one attached hydrogen (secondary N) is 2. The van der Waals surface area contributed by atoms with Crippen LogP contribution in [0.2, 0.25) is 0 Å². The fourth-order valence-electron chi connectivity index (χ4n) is 3.07. The molecule has 26 heavy (non-hydrogen) atoms. The second-order valence-corrected chi connectivity index (χ2v) is 8.15. The lowest BCUT2D eigenvalue weighted by molar-refractivity contribution is 0.0977. The van der Waals surface area contributed by atoms with Crippen LogP contribution in [0.1, 0.15) is 30.1 Å². The van der Waals surface area contributed by atoms with Crippen molar-refractivity contribution in [1.82, 2.24) is 5.32 Å². The number of thiocarbonyl (C=S) groups is 1. The lowest BCUT2D eigenvalue weighted by Crippen LogP contribution is -2.36. The molecule has 1 aliphatic rings. The molecule has 1 aliphatic heterocycles. The van der Waals surface area contributed by atoms with E-state index in [-0.39, 0.29) is 5.91 Å². The maximum atomic E-state index is 12.4. The summed E-state index contributed by atoms with van der Waals surface area (Å²) in [5.74, 6) is 0.580. The predicted molar refractivity (Wildman–Crippen MR) is 120 cm³/mol. The van der Waals surface area contributed by atoms with Gasteiger partial charge in [-0.05, 0) is 77.8 Å². The third-order valence-electron chi connectivity index (χ3n) is 4.62. The number of carbonyl (C=O) groups is 1. The van der Waals surface area contributed by atoms with Crippen molar-refractivity contribution >= 4 is 57.2 Å². The van der Waals surface area contributed by atoms with Crippen LogP contribution in [-0.4, -0.2) is 24.1 Å². The Hall–Kier alpha value is -1.67. The van der Waals surface area contributed by atoms with Crippen LogP contribution in [0.25, 0.3) is 0 Å². The summed E-state index contributed by atoms with van der Waals surface area (Å²) in [5.41, 5.74) is 2.68. The number of carbonyl (C=O) groups excluding carboxylic acids is 1. The van der Waals surface area contributed by atoms with Crippen LogP contribution in [0.3, 0.4) is 0 Å². The number of para-hydroxylation sites is 2. The van der Waals surface area contributed by atoms with E-state index in [0.29, 0.717) is 10.7 Å². The monoisotopic (exact) mass is 479 g/mol. The van der Waals surface area contributed by atoms with Crippen molar-refractivity contribution in [2.45, 2.75) is 19.8 Å². The largest absolute Gasteiger partial charge is 0.370 e. The van der Waals surface area contributed by atoms with E-state index >= 15 is 0 Å². The molecule has 1 heterocycles. The highest BCUT2D eigenvalue weighted by Gasteiger charge is 2.19. The van der Waals surface area contributed by atoms with E-state index in [2.05, 4.69) is 51.1 Å². The van der Waals surface area contributed by atoms with Gasteiger partial charge in [0, 0.05) is 16.7 Å². The molecule has 2 aromatic carbocycles. The molecule has 136 valence electrons. The summed E-state index contributed by atoms with van der Waals surface area (Å²) in [6.07, 6.45) is 2.39. The topological polar surface area (TPSA) is 44.4 Å². The number of rotatable bonds is 3. The van der Waals surface area contributed by atoms with E-state index in [0.717, 1.165) is 34.0 Å². The van der Waals surface area contributed by atoms with Crippen molar-refractivity contribution in [3.8, 4) is 0 Å². The standard InChI is InChI=1S/C20H22IN3OS/c1-14-10-12-24(13-11-14)18-9-5-4-8-17(18)22-20(26)23-19(25)15-6-2-3-7-16(15)21/h2-9,14H,10-13H2,1H3,(H2,22,23,25,26). The smallest absolute Gasteiger partial charge is 0.258 e. The van der Waals surface area contributed by atoms with Gasteiger partial charge in [0.1, 0.15) is 0 Å². The Balaban J connectivity index is 1.68. The van der Waals surface area contributed by atoms with Gasteiger partial charge in [0.2, 0.25) is 0 Å². The van der Waals surface area contributed by atoms with Crippen LogP contribution < -0.4 is 15.5 Å². The number of benzene rings is 2. The molecule has 2 N–H and O–H groups in total. The lowest BCUT2D eigenvalue weighted by atomic mass is 9.98. The van der Waals surface area contributed by atoms with Crippen LogP contribution in [0.5, 0.6) is 0 Å². The number of hydrogen-bond acceptors (Lipinski definition) is 3. The zero-order chi connectivity index (χ0) is 18.5. The van der Waals surface area contributed by atoms with Gasteiger partial charge in [-0.2, -0.15) is 0 Å². The van der Waals surface area contributed by atoms with E-state index < -0.39 is 0 Å². The van der Waals surface area contributed by atoms with Crippen molar-refractivity contribution in [2.24, 2.45) is 5.92 Å². The molecule has 2 aromatic rings. The van der Waals surface area contributed by atoms with Gasteiger partial charge >= 0.3 is 0 Å². The second-order valence-electron chi connectivity index (χ2n) is 6.57. The normalized spacial score (nSPS) is 14.8. The third-order valence-corrected chi connectivity index (χ3v) is 5.77. The Bertz CT molecular complexity index is 803. The Morgan fingerprint density at radius 1 is 1.12 bits per heavy atom. The van der Waals surface area contributed by atoms with E-state index in [1.54, 1.807) is 6.07 Å². The van der Waals surface area contributed by atoms with Gasteiger partial charge in [-0.1, -0.05) is 31.2 Å². The summed E-state index contributed by atoms with van der Waals surface area (Å²) in [7, 11) is 0. The summed E-state index contributed by atoms with van der Waals surface area (Å²) in [6.45, 7) is 4.39. The van der Waals surface area contributed by atoms with Crippen LogP contribution in [0, 0.1) is 9.49 Å². The predicted octanol–water partition coefficient (Wildman–Crippen LogP) is 4.65. The summed E-state index contributed by atoms with van der Waals surface area (Å²) in [5, 5.41) is 6.29. The Morgan fingerprint density at radius 2 is 1.77 bits per heavy atom. The SMILES string of the molecule is CC1CCN(c2ccccc2NC(=S)NC(=O)c2ccccc2I)CC1. The van der Waals surface area contributed by atoms with Crippen LogP contribution in [0.15, 0.2) is 48.5 Å². The first kappa shape index (κ1) is 19.1. The van der Waals surface area contributed by atoms with Gasteiger partial charge in [0.05, 0.1) is 16.9 Å². The van der Waals surface area contributed by atoms with Crippen molar-refractivity contribution in [2.75, 3.05) is 23.3 Å². The lowest BCUT2D eigenvalue weighted by Gasteiger charge is -2.33. The summed E-state index contributed by atoms with van der Waals surface area (Å²) in [4.78, 5) is 14.8. The molecule has 0 spiro atoms. The minimum Gasteiger partial charge on any atom is -0.370 e. The number of amides is 1. The van der Waals surface area contributed by atoms with Crippen LogP contribution in [0.4, 0.5) is 11.4 Å². The molecule has 0 unspecified atom stereocenters. The minimum atomic E-state index is -0.197. The molecule has 1 saturated heterocycles. The molecule has 6 heteroatoms. The van der Waals surface area contributed by atoms with E-state index in [1.807, 2.05) is 36.4 Å². The Labute approximate surface area is 173 Å². The summed E-state index contributed by atoms with van der Waals surface area (Å²) < 4.78 is 0.897. The highest BCUT2D eigenvalue weighted by Crippen LogP contribution is 2.29. The van der Waals surface area contributed by atoms with Gasteiger partial charge in [0.15, 0.2) is 5.11 Å². The first-order valence-electron chi connectivity index (χ1n) is 8.75. The molecule has 3 rings (SSSR count). The average Bonchev–Trinajstić information content (AvgIpc) is 2.63. The first-order valence-corrected chi connectivity index (χ1v) is 10.2. The number of hydrogen-bond donors (Lipinski definition) is 2. The molecule has 0 saturated carbocycles. The van der Waals surface area contributed by atoms with E-state index in [4.69, 9.17) is 12.2 Å². The molecular formula is C20H22IN3OS. The van der Waals surface area contributed by atoms with Gasteiger partial charge in [-0.15, -0.1) is 0 Å². The van der Waals surface area contributed by atoms with Crippen LogP contribution in [-0.2, 0) is 0 Å². The zero-order valence-electron chi connectivity index (χ0n) is 14.7. The van der Waals surface area contributed by atoms with E-state index in [1.165, 1.54) is 12.8 Å². The van der Waals surface area contributed by atoms with Crippen LogP contribution >= 0.6 is 34.8 Å².